The van der Waals surface area contributed by atoms with Crippen LogP contribution in [0.3, 0.4) is 0 Å². The minimum Gasteiger partial charge on any atom is -0.324 e. The van der Waals surface area contributed by atoms with Gasteiger partial charge in [-0.05, 0) is 37.5 Å². The molecule has 0 radical (unpaired) electrons. The van der Waals surface area contributed by atoms with Crippen LogP contribution in [0.2, 0.25) is 0 Å². The summed E-state index contributed by atoms with van der Waals surface area (Å²) in [5, 5.41) is 11.4. The van der Waals surface area contributed by atoms with E-state index in [-0.39, 0.29) is 5.56 Å². The van der Waals surface area contributed by atoms with E-state index in [1.807, 2.05) is 44.2 Å². The van der Waals surface area contributed by atoms with Crippen LogP contribution in [0.5, 0.6) is 0 Å². The summed E-state index contributed by atoms with van der Waals surface area (Å²) in [4.78, 5) is 15.0. The van der Waals surface area contributed by atoms with Crippen molar-refractivity contribution in [2.75, 3.05) is 5.32 Å². The summed E-state index contributed by atoms with van der Waals surface area (Å²) < 4.78 is 0. The maximum absolute atomic E-state index is 12.3. The quantitative estimate of drug-likeness (QED) is 0.772. The van der Waals surface area contributed by atoms with Gasteiger partial charge in [0.25, 0.3) is 5.56 Å². The van der Waals surface area contributed by atoms with Gasteiger partial charge in [-0.25, -0.2) is 0 Å². The second-order valence-corrected chi connectivity index (χ2v) is 6.01. The molecule has 0 unspecified atom stereocenters. The molecule has 3 rings (SSSR count). The highest BCUT2D eigenvalue weighted by Crippen LogP contribution is 2.23. The predicted octanol–water partition coefficient (Wildman–Crippen LogP) is 3.42. The van der Waals surface area contributed by atoms with E-state index in [0.29, 0.717) is 18.1 Å². The van der Waals surface area contributed by atoms with Gasteiger partial charge < -0.3 is 5.32 Å². The van der Waals surface area contributed by atoms with Crippen LogP contribution in [0.15, 0.2) is 47.3 Å². The monoisotopic (exact) mass is 320 g/mol. The molecule has 0 saturated carbocycles. The van der Waals surface area contributed by atoms with Crippen molar-refractivity contribution in [1.29, 1.82) is 0 Å². The molecule has 0 amide bonds. The number of nitrogens with one attached hydrogen (secondary N) is 2. The Balaban J connectivity index is 1.84. The Morgan fingerprint density at radius 2 is 1.67 bits per heavy atom. The topological polar surface area (TPSA) is 70.7 Å². The highest BCUT2D eigenvalue weighted by atomic mass is 16.1. The number of rotatable bonds is 4. The van der Waals surface area contributed by atoms with Gasteiger partial charge in [-0.15, -0.1) is 10.2 Å². The van der Waals surface area contributed by atoms with Crippen LogP contribution >= 0.6 is 0 Å². The summed E-state index contributed by atoms with van der Waals surface area (Å²) in [5.41, 5.74) is 5.56. The van der Waals surface area contributed by atoms with E-state index in [4.69, 9.17) is 0 Å². The molecule has 122 valence electrons. The summed E-state index contributed by atoms with van der Waals surface area (Å²) in [6.45, 7) is 6.11. The lowest BCUT2D eigenvalue weighted by molar-refractivity contribution is 0.873. The molecule has 2 aromatic carbocycles. The Hall–Kier alpha value is -2.95. The summed E-state index contributed by atoms with van der Waals surface area (Å²) in [6, 6.07) is 13.9. The highest BCUT2D eigenvalue weighted by Gasteiger charge is 2.09. The molecule has 1 heterocycles. The third kappa shape index (κ3) is 3.51. The van der Waals surface area contributed by atoms with Gasteiger partial charge in [0.2, 0.25) is 5.95 Å². The zero-order chi connectivity index (χ0) is 17.1. The molecule has 0 fully saturated rings. The van der Waals surface area contributed by atoms with Crippen LogP contribution < -0.4 is 10.9 Å². The van der Waals surface area contributed by atoms with Crippen molar-refractivity contribution in [1.82, 2.24) is 15.2 Å². The SMILES string of the molecule is Cc1cc(C)c(Nc2nnc(Cc3ccccc3)c(=O)[nH]2)c(C)c1. The van der Waals surface area contributed by atoms with Crippen molar-refractivity contribution in [3.63, 3.8) is 0 Å². The molecule has 0 atom stereocenters. The van der Waals surface area contributed by atoms with Gasteiger partial charge in [-0.2, -0.15) is 0 Å². The van der Waals surface area contributed by atoms with Crippen molar-refractivity contribution in [3.05, 3.63) is 80.8 Å². The van der Waals surface area contributed by atoms with Crippen LogP contribution in [0.1, 0.15) is 27.9 Å². The Labute approximate surface area is 140 Å². The fraction of sp³-hybridized carbons (Fsp3) is 0.211. The molecule has 1 aromatic heterocycles. The van der Waals surface area contributed by atoms with E-state index in [1.54, 1.807) is 0 Å². The average molecular weight is 320 g/mol. The summed E-state index contributed by atoms with van der Waals surface area (Å²) >= 11 is 0. The van der Waals surface area contributed by atoms with Crippen molar-refractivity contribution in [2.24, 2.45) is 0 Å². The van der Waals surface area contributed by atoms with Crippen molar-refractivity contribution in [2.45, 2.75) is 27.2 Å². The number of H-pyrrole nitrogens is 1. The molecule has 0 bridgehead atoms. The van der Waals surface area contributed by atoms with E-state index in [1.165, 1.54) is 5.56 Å². The van der Waals surface area contributed by atoms with Crippen LogP contribution in [0.4, 0.5) is 11.6 Å². The number of anilines is 2. The van der Waals surface area contributed by atoms with Crippen LogP contribution in [0, 0.1) is 20.8 Å². The minimum atomic E-state index is -0.223. The molecule has 5 nitrogen and oxygen atoms in total. The number of hydrogen-bond donors (Lipinski definition) is 2. The first-order chi connectivity index (χ1) is 11.5. The molecular formula is C19H20N4O. The van der Waals surface area contributed by atoms with Gasteiger partial charge in [-0.1, -0.05) is 48.0 Å². The zero-order valence-electron chi connectivity index (χ0n) is 14.1. The van der Waals surface area contributed by atoms with Crippen molar-refractivity contribution >= 4 is 11.6 Å². The van der Waals surface area contributed by atoms with E-state index in [0.717, 1.165) is 22.4 Å². The molecule has 5 heteroatoms. The van der Waals surface area contributed by atoms with Gasteiger partial charge in [-0.3, -0.25) is 9.78 Å². The fourth-order valence-electron chi connectivity index (χ4n) is 2.82. The van der Waals surface area contributed by atoms with Gasteiger partial charge in [0.1, 0.15) is 5.69 Å². The standard InChI is InChI=1S/C19H20N4O/c1-12-9-13(2)17(14(3)10-12)20-19-21-18(24)16(22-23-19)11-15-7-5-4-6-8-15/h4-10H,11H2,1-3H3,(H2,20,21,23,24). The lowest BCUT2D eigenvalue weighted by atomic mass is 10.1. The van der Waals surface area contributed by atoms with Gasteiger partial charge >= 0.3 is 0 Å². The van der Waals surface area contributed by atoms with E-state index >= 15 is 0 Å². The third-order valence-corrected chi connectivity index (χ3v) is 3.90. The van der Waals surface area contributed by atoms with Crippen LogP contribution in [-0.2, 0) is 6.42 Å². The fourth-order valence-corrected chi connectivity index (χ4v) is 2.82. The van der Waals surface area contributed by atoms with Gasteiger partial charge in [0.05, 0.1) is 0 Å². The Morgan fingerprint density at radius 3 is 2.29 bits per heavy atom. The Morgan fingerprint density at radius 1 is 1.00 bits per heavy atom. The predicted molar refractivity (Wildman–Crippen MR) is 95.8 cm³/mol. The molecule has 0 aliphatic heterocycles. The first-order valence-corrected chi connectivity index (χ1v) is 7.87. The smallest absolute Gasteiger partial charge is 0.274 e. The van der Waals surface area contributed by atoms with E-state index in [2.05, 4.69) is 39.6 Å². The lowest BCUT2D eigenvalue weighted by Gasteiger charge is -2.12. The number of benzene rings is 2. The van der Waals surface area contributed by atoms with Gasteiger partial charge in [0.15, 0.2) is 0 Å². The Bertz CT molecular complexity index is 893. The van der Waals surface area contributed by atoms with E-state index in [9.17, 15) is 4.79 Å². The molecule has 0 aliphatic rings. The van der Waals surface area contributed by atoms with Crippen LogP contribution in [-0.4, -0.2) is 15.2 Å². The molecule has 24 heavy (non-hydrogen) atoms. The van der Waals surface area contributed by atoms with Crippen molar-refractivity contribution < 1.29 is 0 Å². The maximum atomic E-state index is 12.3. The number of aryl methyl sites for hydroxylation is 3. The molecule has 0 spiro atoms. The van der Waals surface area contributed by atoms with Gasteiger partial charge in [0, 0.05) is 12.1 Å². The Kier molecular flexibility index (Phi) is 4.42. The molecule has 0 aliphatic carbocycles. The first-order valence-electron chi connectivity index (χ1n) is 7.87. The first kappa shape index (κ1) is 15.9. The van der Waals surface area contributed by atoms with E-state index < -0.39 is 0 Å². The number of nitrogens with zero attached hydrogens (tertiary/aromatic N) is 2. The largest absolute Gasteiger partial charge is 0.324 e. The number of aromatic amines is 1. The third-order valence-electron chi connectivity index (χ3n) is 3.90. The highest BCUT2D eigenvalue weighted by molar-refractivity contribution is 5.63. The van der Waals surface area contributed by atoms with Crippen LogP contribution in [0.25, 0.3) is 0 Å². The molecule has 2 N–H and O–H groups in total. The molecule has 0 saturated heterocycles. The zero-order valence-corrected chi connectivity index (χ0v) is 14.1. The maximum Gasteiger partial charge on any atom is 0.274 e. The summed E-state index contributed by atoms with van der Waals surface area (Å²) in [6.07, 6.45) is 0.464. The summed E-state index contributed by atoms with van der Waals surface area (Å²) in [5.74, 6) is 0.354. The molecular weight excluding hydrogens is 300 g/mol. The second kappa shape index (κ2) is 6.66. The average Bonchev–Trinajstić information content (AvgIpc) is 2.54. The number of aromatic nitrogens is 3. The second-order valence-electron chi connectivity index (χ2n) is 6.01. The number of hydrogen-bond acceptors (Lipinski definition) is 4. The van der Waals surface area contributed by atoms with Crippen molar-refractivity contribution in [3.8, 4) is 0 Å². The minimum absolute atomic E-state index is 0.223. The molecule has 3 aromatic rings. The summed E-state index contributed by atoms with van der Waals surface area (Å²) in [7, 11) is 0. The lowest BCUT2D eigenvalue weighted by Crippen LogP contribution is -2.19. The normalized spacial score (nSPS) is 10.6.